The summed E-state index contributed by atoms with van der Waals surface area (Å²) in [5, 5.41) is 15.0. The van der Waals surface area contributed by atoms with Crippen LogP contribution in [0.5, 0.6) is 0 Å². The summed E-state index contributed by atoms with van der Waals surface area (Å²) >= 11 is 0. The molecule has 1 saturated heterocycles. The normalized spacial score (nSPS) is 26.5. The molecule has 1 unspecified atom stereocenters. The number of rotatable bonds is 3. The molecule has 26 heavy (non-hydrogen) atoms. The Morgan fingerprint density at radius 3 is 2.46 bits per heavy atom. The minimum absolute atomic E-state index is 0.0126. The van der Waals surface area contributed by atoms with Gasteiger partial charge in [0.05, 0.1) is 18.4 Å². The van der Waals surface area contributed by atoms with Gasteiger partial charge in [-0.3, -0.25) is 9.59 Å². The highest BCUT2D eigenvalue weighted by atomic mass is 16.4. The number of nitrogens with one attached hydrogen (secondary N) is 2. The average molecular weight is 359 g/mol. The van der Waals surface area contributed by atoms with E-state index >= 15 is 0 Å². The highest BCUT2D eigenvalue weighted by molar-refractivity contribution is 5.80. The number of carbonyl (C=O) groups is 3. The number of urea groups is 1. The van der Waals surface area contributed by atoms with Crippen LogP contribution in [0.3, 0.4) is 0 Å². The lowest BCUT2D eigenvalue weighted by Gasteiger charge is -2.33. The lowest BCUT2D eigenvalue weighted by Crippen LogP contribution is -2.48. The zero-order valence-corrected chi connectivity index (χ0v) is 14.7. The van der Waals surface area contributed by atoms with Gasteiger partial charge in [-0.15, -0.1) is 0 Å². The van der Waals surface area contributed by atoms with Crippen molar-refractivity contribution in [1.29, 1.82) is 0 Å². The molecule has 2 fully saturated rings. The summed E-state index contributed by atoms with van der Waals surface area (Å²) in [5.74, 6) is -1.12. The first-order valence-electron chi connectivity index (χ1n) is 9.16. The van der Waals surface area contributed by atoms with E-state index in [2.05, 4.69) is 10.6 Å². The first-order valence-corrected chi connectivity index (χ1v) is 9.16. The third-order valence-electron chi connectivity index (χ3n) is 5.28. The zero-order chi connectivity index (χ0) is 18.5. The first kappa shape index (κ1) is 18.2. The van der Waals surface area contributed by atoms with Crippen LogP contribution in [-0.4, -0.2) is 47.0 Å². The average Bonchev–Trinajstić information content (AvgIpc) is 2.84. The molecule has 3 rings (SSSR count). The Balaban J connectivity index is 1.67. The SMILES string of the molecule is O=C1CC(c2ccccc2)N(C(=O)NC2CCC(C(=O)O)CC2)CCN1. The van der Waals surface area contributed by atoms with E-state index in [1.165, 1.54) is 0 Å². The molecule has 1 saturated carbocycles. The van der Waals surface area contributed by atoms with Gasteiger partial charge in [-0.2, -0.15) is 0 Å². The summed E-state index contributed by atoms with van der Waals surface area (Å²) in [6, 6.07) is 9.09. The number of carboxylic acid groups (broad SMARTS) is 1. The summed E-state index contributed by atoms with van der Waals surface area (Å²) in [4.78, 5) is 37.7. The second-order valence-corrected chi connectivity index (χ2v) is 7.01. The van der Waals surface area contributed by atoms with Crippen LogP contribution in [0.2, 0.25) is 0 Å². The van der Waals surface area contributed by atoms with E-state index in [9.17, 15) is 14.4 Å². The van der Waals surface area contributed by atoms with Crippen molar-refractivity contribution in [1.82, 2.24) is 15.5 Å². The van der Waals surface area contributed by atoms with Crippen LogP contribution in [0.1, 0.15) is 43.7 Å². The Bertz CT molecular complexity index is 656. The van der Waals surface area contributed by atoms with Gasteiger partial charge in [-0.1, -0.05) is 30.3 Å². The molecule has 1 aromatic rings. The number of nitrogens with zero attached hydrogens (tertiary/aromatic N) is 1. The Kier molecular flexibility index (Phi) is 5.75. The molecule has 1 heterocycles. The monoisotopic (exact) mass is 359 g/mol. The van der Waals surface area contributed by atoms with Gasteiger partial charge in [0.25, 0.3) is 0 Å². The molecule has 0 spiro atoms. The molecule has 1 atom stereocenters. The molecule has 7 nitrogen and oxygen atoms in total. The minimum Gasteiger partial charge on any atom is -0.481 e. The van der Waals surface area contributed by atoms with E-state index in [4.69, 9.17) is 5.11 Å². The molecule has 7 heteroatoms. The van der Waals surface area contributed by atoms with Gasteiger partial charge in [-0.05, 0) is 31.2 Å². The number of carbonyl (C=O) groups excluding carboxylic acids is 2. The number of aliphatic carboxylic acids is 1. The summed E-state index contributed by atoms with van der Waals surface area (Å²) in [7, 11) is 0. The van der Waals surface area contributed by atoms with Crippen LogP contribution < -0.4 is 10.6 Å². The van der Waals surface area contributed by atoms with Crippen molar-refractivity contribution in [2.75, 3.05) is 13.1 Å². The van der Waals surface area contributed by atoms with E-state index < -0.39 is 5.97 Å². The van der Waals surface area contributed by atoms with E-state index in [-0.39, 0.29) is 36.4 Å². The third kappa shape index (κ3) is 4.33. The van der Waals surface area contributed by atoms with Crippen molar-refractivity contribution in [3.63, 3.8) is 0 Å². The van der Waals surface area contributed by atoms with Crippen LogP contribution >= 0.6 is 0 Å². The van der Waals surface area contributed by atoms with Gasteiger partial charge >= 0.3 is 12.0 Å². The van der Waals surface area contributed by atoms with Crippen LogP contribution in [0.4, 0.5) is 4.79 Å². The largest absolute Gasteiger partial charge is 0.481 e. The molecule has 1 aliphatic heterocycles. The van der Waals surface area contributed by atoms with Gasteiger partial charge < -0.3 is 20.6 Å². The number of hydrogen-bond acceptors (Lipinski definition) is 3. The molecule has 0 radical (unpaired) electrons. The number of carboxylic acids is 1. The van der Waals surface area contributed by atoms with Crippen molar-refractivity contribution >= 4 is 17.9 Å². The Hall–Kier alpha value is -2.57. The van der Waals surface area contributed by atoms with Gasteiger partial charge in [0.15, 0.2) is 0 Å². The molecule has 3 N–H and O–H groups in total. The first-order chi connectivity index (χ1) is 12.5. The quantitative estimate of drug-likeness (QED) is 0.768. The van der Waals surface area contributed by atoms with Gasteiger partial charge in [-0.25, -0.2) is 4.79 Å². The Labute approximate surface area is 152 Å². The van der Waals surface area contributed by atoms with Crippen molar-refractivity contribution in [3.05, 3.63) is 35.9 Å². The van der Waals surface area contributed by atoms with Crippen LogP contribution in [-0.2, 0) is 9.59 Å². The van der Waals surface area contributed by atoms with E-state index in [1.807, 2.05) is 30.3 Å². The molecule has 2 aliphatic rings. The number of benzene rings is 1. The number of amides is 3. The molecule has 1 aliphatic carbocycles. The maximum Gasteiger partial charge on any atom is 0.318 e. The second kappa shape index (κ2) is 8.21. The summed E-state index contributed by atoms with van der Waals surface area (Å²) in [6.45, 7) is 0.878. The summed E-state index contributed by atoms with van der Waals surface area (Å²) < 4.78 is 0. The fourth-order valence-electron chi connectivity index (χ4n) is 3.79. The summed E-state index contributed by atoms with van der Waals surface area (Å²) in [6.07, 6.45) is 2.75. The van der Waals surface area contributed by atoms with Crippen molar-refractivity contribution in [3.8, 4) is 0 Å². The van der Waals surface area contributed by atoms with Crippen LogP contribution in [0, 0.1) is 5.92 Å². The van der Waals surface area contributed by atoms with E-state index in [0.717, 1.165) is 5.56 Å². The molecule has 1 aromatic carbocycles. The lowest BCUT2D eigenvalue weighted by molar-refractivity contribution is -0.142. The van der Waals surface area contributed by atoms with Crippen molar-refractivity contribution in [2.45, 2.75) is 44.2 Å². The molecule has 0 aromatic heterocycles. The van der Waals surface area contributed by atoms with Gasteiger partial charge in [0.2, 0.25) is 5.91 Å². The zero-order valence-electron chi connectivity index (χ0n) is 14.7. The van der Waals surface area contributed by atoms with Crippen LogP contribution in [0.15, 0.2) is 30.3 Å². The Morgan fingerprint density at radius 1 is 1.12 bits per heavy atom. The fraction of sp³-hybridized carbons (Fsp3) is 0.526. The fourth-order valence-corrected chi connectivity index (χ4v) is 3.79. The third-order valence-corrected chi connectivity index (χ3v) is 5.28. The van der Waals surface area contributed by atoms with E-state index in [0.29, 0.717) is 38.8 Å². The highest BCUT2D eigenvalue weighted by Gasteiger charge is 2.32. The molecule has 0 bridgehead atoms. The lowest BCUT2D eigenvalue weighted by atomic mass is 9.86. The maximum absolute atomic E-state index is 12.9. The van der Waals surface area contributed by atoms with E-state index in [1.54, 1.807) is 4.90 Å². The van der Waals surface area contributed by atoms with Crippen molar-refractivity contribution < 1.29 is 19.5 Å². The predicted molar refractivity (Wildman–Crippen MR) is 95.4 cm³/mol. The molecule has 140 valence electrons. The van der Waals surface area contributed by atoms with Gasteiger partial charge in [0, 0.05) is 19.1 Å². The maximum atomic E-state index is 12.9. The highest BCUT2D eigenvalue weighted by Crippen LogP contribution is 2.28. The second-order valence-electron chi connectivity index (χ2n) is 7.01. The summed E-state index contributed by atoms with van der Waals surface area (Å²) in [5.41, 5.74) is 0.939. The van der Waals surface area contributed by atoms with Gasteiger partial charge in [0.1, 0.15) is 0 Å². The molecule has 3 amide bonds. The number of hydrogen-bond donors (Lipinski definition) is 3. The predicted octanol–water partition coefficient (Wildman–Crippen LogP) is 1.90. The minimum atomic E-state index is -0.754. The standard InChI is InChI=1S/C19H25N3O4/c23-17-12-16(13-4-2-1-3-5-13)22(11-10-20-17)19(26)21-15-8-6-14(7-9-15)18(24)25/h1-5,14-16H,6-12H2,(H,20,23)(H,21,26)(H,24,25). The smallest absolute Gasteiger partial charge is 0.318 e. The van der Waals surface area contributed by atoms with Crippen molar-refractivity contribution in [2.24, 2.45) is 5.92 Å². The molecular weight excluding hydrogens is 334 g/mol. The Morgan fingerprint density at radius 2 is 1.81 bits per heavy atom. The van der Waals surface area contributed by atoms with Crippen LogP contribution in [0.25, 0.3) is 0 Å². The topological polar surface area (TPSA) is 98.7 Å². The molecular formula is C19H25N3O4.